The van der Waals surface area contributed by atoms with Gasteiger partial charge in [0.15, 0.2) is 0 Å². The first-order valence-corrected chi connectivity index (χ1v) is 12.8. The van der Waals surface area contributed by atoms with Gasteiger partial charge in [-0.3, -0.25) is 14.4 Å². The summed E-state index contributed by atoms with van der Waals surface area (Å²) in [5, 5.41) is 15.5. The minimum Gasteiger partial charge on any atom is -0.444 e. The average Bonchev–Trinajstić information content (AvgIpc) is 3.45. The number of nitrogens with one attached hydrogen (secondary N) is 2. The summed E-state index contributed by atoms with van der Waals surface area (Å²) in [5.74, 6) is -0.826. The number of nitriles is 1. The van der Waals surface area contributed by atoms with Crippen LogP contribution in [0.25, 0.3) is 0 Å². The van der Waals surface area contributed by atoms with Gasteiger partial charge in [-0.1, -0.05) is 32.0 Å². The number of alkyl carbamates (subject to hydrolysis) is 1. The molecule has 0 aliphatic carbocycles. The van der Waals surface area contributed by atoms with E-state index < -0.39 is 35.2 Å². The lowest BCUT2D eigenvalue weighted by atomic mass is 9.80. The highest BCUT2D eigenvalue weighted by Gasteiger charge is 2.57. The van der Waals surface area contributed by atoms with E-state index in [1.165, 1.54) is 9.80 Å². The number of anilines is 1. The number of hydrogen-bond donors (Lipinski definition) is 2. The van der Waals surface area contributed by atoms with Gasteiger partial charge in [-0.2, -0.15) is 5.26 Å². The molecule has 0 unspecified atom stereocenters. The van der Waals surface area contributed by atoms with Crippen molar-refractivity contribution in [2.75, 3.05) is 18.4 Å². The van der Waals surface area contributed by atoms with Crippen molar-refractivity contribution < 1.29 is 23.9 Å². The van der Waals surface area contributed by atoms with Crippen LogP contribution in [0.5, 0.6) is 0 Å². The molecule has 2 N–H and O–H groups in total. The summed E-state index contributed by atoms with van der Waals surface area (Å²) in [4.78, 5) is 55.7. The first-order chi connectivity index (χ1) is 17.4. The van der Waals surface area contributed by atoms with Gasteiger partial charge in [0.2, 0.25) is 17.7 Å². The van der Waals surface area contributed by atoms with Gasteiger partial charge in [-0.05, 0) is 51.2 Å². The van der Waals surface area contributed by atoms with Crippen LogP contribution in [-0.4, -0.2) is 70.4 Å². The number of nitrogens with zero attached hydrogens (tertiary/aromatic N) is 3. The molecule has 4 amide bonds. The number of amides is 4. The molecule has 198 valence electrons. The molecule has 3 aliphatic rings. The third-order valence-corrected chi connectivity index (χ3v) is 7.20. The molecule has 2 fully saturated rings. The normalized spacial score (nSPS) is 25.8. The molecule has 37 heavy (non-hydrogen) atoms. The molecule has 10 nitrogen and oxygen atoms in total. The summed E-state index contributed by atoms with van der Waals surface area (Å²) in [7, 11) is 0. The second kappa shape index (κ2) is 9.69. The Morgan fingerprint density at radius 1 is 1.27 bits per heavy atom. The molecule has 0 bridgehead atoms. The van der Waals surface area contributed by atoms with Crippen molar-refractivity contribution in [1.82, 2.24) is 15.1 Å². The number of rotatable bonds is 5. The fourth-order valence-electron chi connectivity index (χ4n) is 5.58. The van der Waals surface area contributed by atoms with E-state index in [4.69, 9.17) is 4.74 Å². The van der Waals surface area contributed by atoms with Crippen LogP contribution in [0, 0.1) is 17.2 Å². The van der Waals surface area contributed by atoms with E-state index in [-0.39, 0.29) is 36.6 Å². The van der Waals surface area contributed by atoms with Crippen molar-refractivity contribution in [3.63, 3.8) is 0 Å². The van der Waals surface area contributed by atoms with E-state index in [9.17, 15) is 24.4 Å². The van der Waals surface area contributed by atoms with Crippen LogP contribution in [0.4, 0.5) is 10.5 Å². The van der Waals surface area contributed by atoms with E-state index in [0.717, 1.165) is 5.56 Å². The van der Waals surface area contributed by atoms with Gasteiger partial charge in [-0.25, -0.2) is 4.79 Å². The molecule has 0 saturated carbocycles. The van der Waals surface area contributed by atoms with E-state index in [1.54, 1.807) is 20.8 Å². The lowest BCUT2D eigenvalue weighted by molar-refractivity contribution is -0.145. The van der Waals surface area contributed by atoms with Crippen LogP contribution in [0.3, 0.4) is 0 Å². The van der Waals surface area contributed by atoms with E-state index >= 15 is 0 Å². The lowest BCUT2D eigenvalue weighted by Crippen LogP contribution is -2.53. The summed E-state index contributed by atoms with van der Waals surface area (Å²) >= 11 is 0. The highest BCUT2D eigenvalue weighted by Crippen LogP contribution is 2.46. The molecular weight excluding hydrogens is 474 g/mol. The Bertz CT molecular complexity index is 1150. The van der Waals surface area contributed by atoms with Crippen LogP contribution in [0.2, 0.25) is 0 Å². The Balaban J connectivity index is 1.56. The molecule has 4 rings (SSSR count). The van der Waals surface area contributed by atoms with Gasteiger partial charge >= 0.3 is 6.09 Å². The molecule has 2 saturated heterocycles. The second-order valence-electron chi connectivity index (χ2n) is 11.6. The molecular formula is C27H35N5O5. The van der Waals surface area contributed by atoms with Crippen LogP contribution in [-0.2, 0) is 24.5 Å². The number of carbonyl (C=O) groups excluding carboxylic acids is 4. The number of likely N-dealkylation sites (tertiary alicyclic amines) is 2. The fraction of sp³-hybridized carbons (Fsp3) is 0.593. The number of ether oxygens (including phenoxy) is 1. The summed E-state index contributed by atoms with van der Waals surface area (Å²) in [5.41, 5.74) is -0.215. The van der Waals surface area contributed by atoms with Crippen molar-refractivity contribution in [2.45, 2.75) is 83.0 Å². The summed E-state index contributed by atoms with van der Waals surface area (Å²) in [6, 6.07) is 7.17. The maximum absolute atomic E-state index is 14.0. The van der Waals surface area contributed by atoms with Gasteiger partial charge in [0.05, 0.1) is 11.5 Å². The number of benzene rings is 1. The Labute approximate surface area is 217 Å². The number of fused-ring (bicyclic) bond motifs is 2. The number of carbonyl (C=O) groups is 4. The third-order valence-electron chi connectivity index (χ3n) is 7.20. The Morgan fingerprint density at radius 3 is 2.62 bits per heavy atom. The first kappa shape index (κ1) is 26.5. The summed E-state index contributed by atoms with van der Waals surface area (Å²) < 4.78 is 5.29. The quantitative estimate of drug-likeness (QED) is 0.627. The summed E-state index contributed by atoms with van der Waals surface area (Å²) in [6.07, 6.45) is 0.259. The standard InChI is InChI=1S/C27H35N5O5/c1-16(2)12-21(31-11-10-20(22(31)33)30-25(36)37-26(3,4)5)23(34)32-15-27(13-17(32)14-28)18-8-6-7-9-19(18)29-24(27)35/h6-9,16-17,20-21H,10-13,15H2,1-5H3,(H,29,35)(H,30,36)/t17-,20-,21-,27-/m0/s1. The average molecular weight is 510 g/mol. The Morgan fingerprint density at radius 2 is 1.97 bits per heavy atom. The van der Waals surface area contributed by atoms with E-state index in [0.29, 0.717) is 25.1 Å². The minimum atomic E-state index is -0.995. The Kier molecular flexibility index (Phi) is 6.93. The highest BCUT2D eigenvalue weighted by molar-refractivity contribution is 6.07. The van der Waals surface area contributed by atoms with Gasteiger partial charge in [-0.15, -0.1) is 0 Å². The predicted molar refractivity (Wildman–Crippen MR) is 135 cm³/mol. The maximum atomic E-state index is 14.0. The zero-order chi connectivity index (χ0) is 27.1. The summed E-state index contributed by atoms with van der Waals surface area (Å²) in [6.45, 7) is 9.51. The van der Waals surface area contributed by atoms with Crippen molar-refractivity contribution in [1.29, 1.82) is 5.26 Å². The van der Waals surface area contributed by atoms with Crippen molar-refractivity contribution in [3.8, 4) is 6.07 Å². The van der Waals surface area contributed by atoms with Crippen molar-refractivity contribution in [3.05, 3.63) is 29.8 Å². The predicted octanol–water partition coefficient (Wildman–Crippen LogP) is 2.54. The lowest BCUT2D eigenvalue weighted by Gasteiger charge is -2.33. The molecule has 3 aliphatic heterocycles. The SMILES string of the molecule is CC(C)C[C@@H](C(=O)N1C[C@]2(C[C@H]1C#N)C(=O)Nc1ccccc12)N1CC[C@H](NC(=O)OC(C)(C)C)C1=O. The largest absolute Gasteiger partial charge is 0.444 e. The van der Waals surface area contributed by atoms with Crippen LogP contribution in [0.1, 0.15) is 59.4 Å². The van der Waals surface area contributed by atoms with Crippen LogP contribution >= 0.6 is 0 Å². The maximum Gasteiger partial charge on any atom is 0.408 e. The van der Waals surface area contributed by atoms with Crippen molar-refractivity contribution in [2.24, 2.45) is 5.92 Å². The Hall–Kier alpha value is -3.61. The van der Waals surface area contributed by atoms with E-state index in [1.807, 2.05) is 38.1 Å². The van der Waals surface area contributed by atoms with Crippen molar-refractivity contribution >= 4 is 29.5 Å². The molecule has 4 atom stereocenters. The minimum absolute atomic E-state index is 0.0725. The monoisotopic (exact) mass is 509 g/mol. The molecule has 10 heteroatoms. The zero-order valence-electron chi connectivity index (χ0n) is 22.0. The molecule has 0 radical (unpaired) electrons. The van der Waals surface area contributed by atoms with Crippen LogP contribution < -0.4 is 10.6 Å². The second-order valence-corrected chi connectivity index (χ2v) is 11.6. The third kappa shape index (κ3) is 4.99. The van der Waals surface area contributed by atoms with Gasteiger partial charge in [0, 0.05) is 25.2 Å². The van der Waals surface area contributed by atoms with Gasteiger partial charge in [0.25, 0.3) is 0 Å². The molecule has 0 aromatic heterocycles. The van der Waals surface area contributed by atoms with E-state index in [2.05, 4.69) is 16.7 Å². The molecule has 1 spiro atoms. The highest BCUT2D eigenvalue weighted by atomic mass is 16.6. The van der Waals surface area contributed by atoms with Gasteiger partial charge in [0.1, 0.15) is 23.7 Å². The molecule has 1 aromatic carbocycles. The smallest absolute Gasteiger partial charge is 0.408 e. The van der Waals surface area contributed by atoms with Crippen LogP contribution in [0.15, 0.2) is 24.3 Å². The number of para-hydroxylation sites is 1. The topological polar surface area (TPSA) is 132 Å². The first-order valence-electron chi connectivity index (χ1n) is 12.8. The van der Waals surface area contributed by atoms with Gasteiger partial charge < -0.3 is 25.2 Å². The molecule has 1 aromatic rings. The fourth-order valence-corrected chi connectivity index (χ4v) is 5.58. The number of hydrogen-bond acceptors (Lipinski definition) is 6. The zero-order valence-corrected chi connectivity index (χ0v) is 22.0. The molecule has 3 heterocycles.